The minimum absolute atomic E-state index is 0.0609. The van der Waals surface area contributed by atoms with Crippen molar-refractivity contribution in [3.05, 3.63) is 57.8 Å². The number of urea groups is 1. The summed E-state index contributed by atoms with van der Waals surface area (Å²) in [5, 5.41) is 11.8. The number of amides is 3. The molecule has 146 valence electrons. The molecule has 0 unspecified atom stereocenters. The summed E-state index contributed by atoms with van der Waals surface area (Å²) in [7, 11) is 0. The van der Waals surface area contributed by atoms with E-state index in [9.17, 15) is 9.59 Å². The normalized spacial score (nSPS) is 16.7. The molecule has 1 fully saturated rings. The fourth-order valence-corrected chi connectivity index (χ4v) is 4.67. The molecule has 8 nitrogen and oxygen atoms in total. The topological polar surface area (TPSA) is 104 Å². The number of rotatable bonds is 5. The summed E-state index contributed by atoms with van der Waals surface area (Å²) < 4.78 is 6.57. The molecule has 0 spiro atoms. The molecule has 0 radical (unpaired) electrons. The first-order valence-corrected chi connectivity index (χ1v) is 10.4. The Kier molecular flexibility index (Phi) is 4.44. The van der Waals surface area contributed by atoms with Crippen molar-refractivity contribution in [3.63, 3.8) is 0 Å². The molecule has 1 atom stereocenters. The highest BCUT2D eigenvalue weighted by Crippen LogP contribution is 2.30. The van der Waals surface area contributed by atoms with E-state index in [1.165, 1.54) is 11.3 Å². The average molecular weight is 472 g/mol. The number of carbonyl (C=O) groups excluding carboxylic acids is 2. The summed E-state index contributed by atoms with van der Waals surface area (Å²) >= 11 is 4.85. The van der Waals surface area contributed by atoms with Gasteiger partial charge in [0.05, 0.1) is 8.66 Å². The highest BCUT2D eigenvalue weighted by Gasteiger charge is 2.39. The minimum Gasteiger partial charge on any atom is -0.418 e. The van der Waals surface area contributed by atoms with E-state index >= 15 is 0 Å². The maximum absolute atomic E-state index is 12.8. The number of imide groups is 1. The van der Waals surface area contributed by atoms with Crippen molar-refractivity contribution in [1.29, 1.82) is 0 Å². The van der Waals surface area contributed by atoms with E-state index in [1.54, 1.807) is 0 Å². The van der Waals surface area contributed by atoms with Crippen LogP contribution in [0.4, 0.5) is 4.79 Å². The summed E-state index contributed by atoms with van der Waals surface area (Å²) in [4.78, 5) is 30.3. The molecule has 0 bridgehead atoms. The molecule has 4 heterocycles. The molecule has 2 N–H and O–H groups in total. The molecule has 1 aliphatic heterocycles. The first kappa shape index (κ1) is 18.1. The smallest absolute Gasteiger partial charge is 0.325 e. The zero-order chi connectivity index (χ0) is 20.0. The van der Waals surface area contributed by atoms with Crippen LogP contribution in [0.5, 0.6) is 0 Å². The van der Waals surface area contributed by atoms with Gasteiger partial charge in [-0.3, -0.25) is 9.69 Å². The number of halogens is 1. The van der Waals surface area contributed by atoms with Crippen LogP contribution in [0.1, 0.15) is 11.5 Å². The molecule has 1 saturated heterocycles. The maximum atomic E-state index is 12.8. The summed E-state index contributed by atoms with van der Waals surface area (Å²) in [5.41, 5.74) is 1.97. The van der Waals surface area contributed by atoms with Crippen molar-refractivity contribution < 1.29 is 14.0 Å². The van der Waals surface area contributed by atoms with Gasteiger partial charge in [0.2, 0.25) is 5.89 Å². The third-order valence-corrected chi connectivity index (χ3v) is 6.36. The Balaban J connectivity index is 1.31. The lowest BCUT2D eigenvalue weighted by molar-refractivity contribution is -0.128. The van der Waals surface area contributed by atoms with E-state index < -0.39 is 12.1 Å². The molecule has 29 heavy (non-hydrogen) atoms. The second kappa shape index (κ2) is 7.12. The summed E-state index contributed by atoms with van der Waals surface area (Å²) in [5.74, 6) is 0.262. The number of aromatic nitrogens is 3. The molecule has 0 saturated carbocycles. The number of nitrogens with zero attached hydrogens (tertiary/aromatic N) is 3. The molecular formula is C19H14BrN5O3S. The second-order valence-electron chi connectivity index (χ2n) is 6.59. The van der Waals surface area contributed by atoms with Crippen molar-refractivity contribution >= 4 is 50.1 Å². The van der Waals surface area contributed by atoms with Crippen LogP contribution in [0.3, 0.4) is 0 Å². The van der Waals surface area contributed by atoms with Gasteiger partial charge in [-0.25, -0.2) is 4.79 Å². The number of carbonyl (C=O) groups is 2. The predicted octanol–water partition coefficient (Wildman–Crippen LogP) is 3.71. The molecular weight excluding hydrogens is 458 g/mol. The van der Waals surface area contributed by atoms with Gasteiger partial charge >= 0.3 is 6.03 Å². The van der Waals surface area contributed by atoms with Crippen molar-refractivity contribution in [2.75, 3.05) is 0 Å². The van der Waals surface area contributed by atoms with Crippen LogP contribution < -0.4 is 5.32 Å². The molecule has 3 aromatic heterocycles. The second-order valence-corrected chi connectivity index (χ2v) is 9.06. The van der Waals surface area contributed by atoms with Gasteiger partial charge in [-0.05, 0) is 39.7 Å². The Hall–Kier alpha value is -2.98. The fraction of sp³-hybridized carbons (Fsp3) is 0.158. The largest absolute Gasteiger partial charge is 0.418 e. The number of nitrogens with one attached hydrogen (secondary N) is 2. The monoisotopic (exact) mass is 471 g/mol. The first-order chi connectivity index (χ1) is 14.1. The van der Waals surface area contributed by atoms with Crippen molar-refractivity contribution in [2.45, 2.75) is 19.0 Å². The van der Waals surface area contributed by atoms with Gasteiger partial charge in [-0.1, -0.05) is 18.2 Å². The molecule has 10 heteroatoms. The summed E-state index contributed by atoms with van der Waals surface area (Å²) in [6, 6.07) is 10.5. The van der Waals surface area contributed by atoms with Gasteiger partial charge in [0.15, 0.2) is 0 Å². The van der Waals surface area contributed by atoms with E-state index in [4.69, 9.17) is 4.42 Å². The van der Waals surface area contributed by atoms with Crippen molar-refractivity contribution in [3.8, 4) is 10.8 Å². The van der Waals surface area contributed by atoms with E-state index in [0.717, 1.165) is 30.0 Å². The third kappa shape index (κ3) is 3.34. The van der Waals surface area contributed by atoms with E-state index in [0.29, 0.717) is 12.3 Å². The van der Waals surface area contributed by atoms with Gasteiger partial charge in [0, 0.05) is 23.5 Å². The van der Waals surface area contributed by atoms with Gasteiger partial charge in [0.25, 0.3) is 11.8 Å². The fourth-order valence-electron chi connectivity index (χ4n) is 3.37. The molecule has 0 aliphatic carbocycles. The summed E-state index contributed by atoms with van der Waals surface area (Å²) in [6.45, 7) is -0.0609. The van der Waals surface area contributed by atoms with Crippen LogP contribution in [0.15, 0.2) is 50.8 Å². The van der Waals surface area contributed by atoms with Gasteiger partial charge in [0.1, 0.15) is 12.6 Å². The van der Waals surface area contributed by atoms with Gasteiger partial charge in [-0.15, -0.1) is 21.5 Å². The number of benzene rings is 1. The van der Waals surface area contributed by atoms with Crippen LogP contribution >= 0.6 is 27.3 Å². The lowest BCUT2D eigenvalue weighted by atomic mass is 10.1. The highest BCUT2D eigenvalue weighted by atomic mass is 79.9. The number of hydrogen-bond acceptors (Lipinski definition) is 6. The Morgan fingerprint density at radius 3 is 2.86 bits per heavy atom. The zero-order valence-corrected chi connectivity index (χ0v) is 17.3. The number of fused-ring (bicyclic) bond motifs is 1. The number of thiophene rings is 1. The van der Waals surface area contributed by atoms with E-state index in [2.05, 4.69) is 36.4 Å². The molecule has 4 aromatic rings. The van der Waals surface area contributed by atoms with E-state index in [1.807, 2.05) is 42.6 Å². The first-order valence-electron chi connectivity index (χ1n) is 8.83. The number of hydrogen-bond donors (Lipinski definition) is 2. The van der Waals surface area contributed by atoms with Gasteiger partial charge < -0.3 is 14.7 Å². The van der Waals surface area contributed by atoms with Crippen LogP contribution in [-0.4, -0.2) is 38.1 Å². The molecule has 1 aromatic carbocycles. The van der Waals surface area contributed by atoms with Crippen LogP contribution in [-0.2, 0) is 17.8 Å². The summed E-state index contributed by atoms with van der Waals surface area (Å²) in [6.07, 6.45) is 2.28. The zero-order valence-electron chi connectivity index (χ0n) is 14.9. The van der Waals surface area contributed by atoms with Crippen LogP contribution in [0, 0.1) is 0 Å². The molecule has 1 aliphatic rings. The van der Waals surface area contributed by atoms with Crippen molar-refractivity contribution in [2.24, 2.45) is 0 Å². The minimum atomic E-state index is -0.627. The quantitative estimate of drug-likeness (QED) is 0.431. The Morgan fingerprint density at radius 2 is 2.03 bits per heavy atom. The Labute approximate surface area is 177 Å². The SMILES string of the molecule is O=C1N[C@H](Cc2c[nH]c3ccccc23)C(=O)N1Cc1nnc(-c2ccc(Br)s2)o1. The number of aromatic amines is 1. The predicted molar refractivity (Wildman–Crippen MR) is 110 cm³/mol. The highest BCUT2D eigenvalue weighted by molar-refractivity contribution is 9.11. The maximum Gasteiger partial charge on any atom is 0.325 e. The lowest BCUT2D eigenvalue weighted by Gasteiger charge is -2.10. The Bertz CT molecular complexity index is 1230. The number of H-pyrrole nitrogens is 1. The van der Waals surface area contributed by atoms with E-state index in [-0.39, 0.29) is 18.3 Å². The van der Waals surface area contributed by atoms with Crippen LogP contribution in [0.25, 0.3) is 21.7 Å². The average Bonchev–Trinajstić information content (AvgIpc) is 3.48. The molecule has 5 rings (SSSR count). The third-order valence-electron chi connectivity index (χ3n) is 4.75. The molecule has 3 amide bonds. The lowest BCUT2D eigenvalue weighted by Crippen LogP contribution is -2.32. The number of para-hydroxylation sites is 1. The van der Waals surface area contributed by atoms with Gasteiger partial charge in [-0.2, -0.15) is 0 Å². The Morgan fingerprint density at radius 1 is 1.17 bits per heavy atom. The van der Waals surface area contributed by atoms with Crippen molar-refractivity contribution in [1.82, 2.24) is 25.4 Å². The standard InChI is InChI=1S/C19H14BrN5O3S/c20-15-6-5-14(29-15)17-24-23-16(28-17)9-25-18(26)13(22-19(25)27)7-10-8-21-12-4-2-1-3-11(10)12/h1-6,8,13,21H,7,9H2,(H,22,27)/t13-/m1/s1. The van der Waals surface area contributed by atoms with Crippen LogP contribution in [0.2, 0.25) is 0 Å².